The number of hydrogen-bond donors (Lipinski definition) is 0. The summed E-state index contributed by atoms with van der Waals surface area (Å²) in [6.45, 7) is 7.79. The highest BCUT2D eigenvalue weighted by Crippen LogP contribution is 2.38. The standard InChI is InChI=1S/C33H33N5O4S2/c1-3-4-12-37-30(36-15-13-35(14-16-36)24-8-6-5-7-9-24)25(22(2)26(19-34)31(37)39)18-29-32(40)38(33(43)44-29)20-23-10-11-27-28(17-23)42-21-41-27/h5-11,17-18H,3-4,12-16,20-21H2,1-2H3. The van der Waals surface area contributed by atoms with Crippen LogP contribution in [0.4, 0.5) is 11.5 Å². The Morgan fingerprint density at radius 2 is 1.75 bits per heavy atom. The van der Waals surface area contributed by atoms with Gasteiger partial charge in [0.1, 0.15) is 21.8 Å². The molecule has 1 aromatic heterocycles. The predicted octanol–water partition coefficient (Wildman–Crippen LogP) is 5.29. The van der Waals surface area contributed by atoms with Crippen molar-refractivity contribution >= 4 is 51.8 Å². The summed E-state index contributed by atoms with van der Waals surface area (Å²) in [6.07, 6.45) is 3.52. The zero-order chi connectivity index (χ0) is 30.8. The SMILES string of the molecule is CCCCn1c(N2CCN(c3ccccc3)CC2)c(C=C2SC(=S)N(Cc3ccc4c(c3)OCO4)C2=O)c(C)c(C#N)c1=O. The number of nitriles is 1. The molecule has 6 rings (SSSR count). The fourth-order valence-corrected chi connectivity index (χ4v) is 7.05. The zero-order valence-electron chi connectivity index (χ0n) is 24.7. The van der Waals surface area contributed by atoms with Gasteiger partial charge in [0.2, 0.25) is 6.79 Å². The minimum absolute atomic E-state index is 0.106. The molecular formula is C33H33N5O4S2. The molecule has 9 nitrogen and oxygen atoms in total. The van der Waals surface area contributed by atoms with Gasteiger partial charge >= 0.3 is 0 Å². The van der Waals surface area contributed by atoms with Crippen LogP contribution in [0.2, 0.25) is 0 Å². The van der Waals surface area contributed by atoms with Crippen LogP contribution in [0.5, 0.6) is 11.5 Å². The molecule has 0 aliphatic carbocycles. The third-order valence-electron chi connectivity index (χ3n) is 8.21. The third-order valence-corrected chi connectivity index (χ3v) is 9.59. The van der Waals surface area contributed by atoms with Crippen LogP contribution in [-0.4, -0.2) is 52.7 Å². The summed E-state index contributed by atoms with van der Waals surface area (Å²) in [4.78, 5) is 34.1. The van der Waals surface area contributed by atoms with Gasteiger partial charge in [0, 0.05) is 44.0 Å². The first-order valence-corrected chi connectivity index (χ1v) is 16.0. The molecule has 0 N–H and O–H groups in total. The predicted molar refractivity (Wildman–Crippen MR) is 177 cm³/mol. The van der Waals surface area contributed by atoms with Crippen molar-refractivity contribution in [1.29, 1.82) is 5.26 Å². The zero-order valence-corrected chi connectivity index (χ0v) is 26.4. The van der Waals surface area contributed by atoms with E-state index < -0.39 is 0 Å². The third kappa shape index (κ3) is 5.67. The Kier molecular flexibility index (Phi) is 8.64. The van der Waals surface area contributed by atoms with Crippen molar-refractivity contribution in [2.45, 2.75) is 39.8 Å². The molecule has 0 atom stereocenters. The van der Waals surface area contributed by atoms with Crippen molar-refractivity contribution in [1.82, 2.24) is 9.47 Å². The van der Waals surface area contributed by atoms with Crippen LogP contribution < -0.4 is 24.8 Å². The van der Waals surface area contributed by atoms with E-state index in [9.17, 15) is 14.9 Å². The number of nitrogens with zero attached hydrogens (tertiary/aromatic N) is 5. The van der Waals surface area contributed by atoms with E-state index in [2.05, 4.69) is 34.9 Å². The summed E-state index contributed by atoms with van der Waals surface area (Å²) in [7, 11) is 0. The van der Waals surface area contributed by atoms with E-state index in [-0.39, 0.29) is 23.8 Å². The maximum atomic E-state index is 13.8. The number of piperazine rings is 1. The molecular weight excluding hydrogens is 595 g/mol. The number of ether oxygens (including phenoxy) is 2. The second-order valence-corrected chi connectivity index (χ2v) is 12.6. The van der Waals surface area contributed by atoms with Crippen LogP contribution in [0.15, 0.2) is 58.2 Å². The van der Waals surface area contributed by atoms with Gasteiger partial charge < -0.3 is 19.3 Å². The summed E-state index contributed by atoms with van der Waals surface area (Å²) in [5, 5.41) is 10.0. The normalized spacial score (nSPS) is 17.1. The number of fused-ring (bicyclic) bond motifs is 1. The lowest BCUT2D eigenvalue weighted by Crippen LogP contribution is -2.48. The number of carbonyl (C=O) groups excluding carboxylic acids is 1. The molecule has 3 aliphatic heterocycles. The maximum Gasteiger partial charge on any atom is 0.270 e. The Morgan fingerprint density at radius 1 is 1.02 bits per heavy atom. The molecule has 3 aliphatic rings. The number of anilines is 2. The Bertz CT molecular complexity index is 1740. The van der Waals surface area contributed by atoms with Crippen molar-refractivity contribution in [3.63, 3.8) is 0 Å². The van der Waals surface area contributed by atoms with Crippen molar-refractivity contribution in [3.05, 3.63) is 86.0 Å². The van der Waals surface area contributed by atoms with Gasteiger partial charge in [-0.15, -0.1) is 0 Å². The van der Waals surface area contributed by atoms with E-state index in [1.165, 1.54) is 11.8 Å². The number of hydrogen-bond acceptors (Lipinski definition) is 9. The average molecular weight is 628 g/mol. The van der Waals surface area contributed by atoms with Crippen LogP contribution in [0.25, 0.3) is 6.08 Å². The Labute approximate surface area is 266 Å². The molecule has 0 unspecified atom stereocenters. The van der Waals surface area contributed by atoms with Gasteiger partial charge in [-0.25, -0.2) is 0 Å². The number of para-hydroxylation sites is 1. The molecule has 4 heterocycles. The number of pyridine rings is 1. The second-order valence-electron chi connectivity index (χ2n) is 10.9. The minimum atomic E-state index is -0.286. The first-order valence-electron chi connectivity index (χ1n) is 14.8. The van der Waals surface area contributed by atoms with Crippen LogP contribution in [0.1, 0.15) is 42.0 Å². The highest BCUT2D eigenvalue weighted by molar-refractivity contribution is 8.26. The first kappa shape index (κ1) is 29.8. The lowest BCUT2D eigenvalue weighted by atomic mass is 10.0. The molecule has 2 saturated heterocycles. The van der Waals surface area contributed by atoms with Gasteiger partial charge in [-0.3, -0.25) is 19.1 Å². The second kappa shape index (κ2) is 12.8. The molecule has 226 valence electrons. The highest BCUT2D eigenvalue weighted by Gasteiger charge is 2.34. The van der Waals surface area contributed by atoms with Crippen LogP contribution in [0, 0.1) is 18.3 Å². The van der Waals surface area contributed by atoms with Crippen molar-refractivity contribution in [3.8, 4) is 17.6 Å². The lowest BCUT2D eigenvalue weighted by molar-refractivity contribution is -0.122. The van der Waals surface area contributed by atoms with Crippen molar-refractivity contribution in [2.75, 3.05) is 42.8 Å². The van der Waals surface area contributed by atoms with Gasteiger partial charge in [0.25, 0.3) is 11.5 Å². The molecule has 2 aromatic carbocycles. The van der Waals surface area contributed by atoms with E-state index in [1.54, 1.807) is 16.4 Å². The smallest absolute Gasteiger partial charge is 0.270 e. The Morgan fingerprint density at radius 3 is 2.48 bits per heavy atom. The number of benzene rings is 2. The van der Waals surface area contributed by atoms with E-state index in [1.807, 2.05) is 42.5 Å². The number of rotatable bonds is 8. The fraction of sp³-hybridized carbons (Fsp3) is 0.333. The lowest BCUT2D eigenvalue weighted by Gasteiger charge is -2.39. The molecule has 44 heavy (non-hydrogen) atoms. The molecule has 11 heteroatoms. The van der Waals surface area contributed by atoms with Gasteiger partial charge in [-0.2, -0.15) is 5.26 Å². The van der Waals surface area contributed by atoms with Crippen molar-refractivity contribution < 1.29 is 14.3 Å². The van der Waals surface area contributed by atoms with E-state index in [0.29, 0.717) is 58.0 Å². The molecule has 0 bridgehead atoms. The molecule has 2 fully saturated rings. The van der Waals surface area contributed by atoms with Gasteiger partial charge in [-0.1, -0.05) is 61.6 Å². The number of carbonyl (C=O) groups is 1. The van der Waals surface area contributed by atoms with Crippen LogP contribution >= 0.6 is 24.0 Å². The average Bonchev–Trinajstić information content (AvgIpc) is 3.62. The monoisotopic (exact) mass is 627 g/mol. The van der Waals surface area contributed by atoms with E-state index in [4.69, 9.17) is 21.7 Å². The van der Waals surface area contributed by atoms with E-state index in [0.717, 1.165) is 43.0 Å². The quantitative estimate of drug-likeness (QED) is 0.244. The number of unbranched alkanes of at least 4 members (excludes halogenated alkanes) is 1. The summed E-state index contributed by atoms with van der Waals surface area (Å²) >= 11 is 6.90. The molecule has 3 aromatic rings. The highest BCUT2D eigenvalue weighted by atomic mass is 32.2. The molecule has 0 radical (unpaired) electrons. The first-order chi connectivity index (χ1) is 21.4. The van der Waals surface area contributed by atoms with Gasteiger partial charge in [-0.05, 0) is 54.8 Å². The van der Waals surface area contributed by atoms with Crippen LogP contribution in [-0.2, 0) is 17.9 Å². The number of thiocarbonyl (C=S) groups is 1. The van der Waals surface area contributed by atoms with Crippen LogP contribution in [0.3, 0.4) is 0 Å². The van der Waals surface area contributed by atoms with Gasteiger partial charge in [0.15, 0.2) is 11.5 Å². The van der Waals surface area contributed by atoms with Crippen molar-refractivity contribution in [2.24, 2.45) is 0 Å². The molecule has 1 amide bonds. The number of aromatic nitrogens is 1. The Hall–Kier alpha value is -4.27. The summed E-state index contributed by atoms with van der Waals surface area (Å²) in [5.41, 5.74) is 3.15. The van der Waals surface area contributed by atoms with Gasteiger partial charge in [0.05, 0.1) is 11.4 Å². The summed E-state index contributed by atoms with van der Waals surface area (Å²) < 4.78 is 13.1. The fourth-order valence-electron chi connectivity index (χ4n) is 5.81. The summed E-state index contributed by atoms with van der Waals surface area (Å²) in [5.74, 6) is 1.88. The summed E-state index contributed by atoms with van der Waals surface area (Å²) in [6, 6.07) is 18.0. The molecule has 0 saturated carbocycles. The number of thioether (sulfide) groups is 1. The maximum absolute atomic E-state index is 13.8. The Balaban J connectivity index is 1.36. The topological polar surface area (TPSA) is 91.0 Å². The largest absolute Gasteiger partial charge is 0.454 e. The number of amides is 1. The molecule has 0 spiro atoms. The van der Waals surface area contributed by atoms with E-state index >= 15 is 0 Å². The minimum Gasteiger partial charge on any atom is -0.454 e.